The molecule has 1 N–H and O–H groups in total. The summed E-state index contributed by atoms with van der Waals surface area (Å²) in [6, 6.07) is 4.34. The summed E-state index contributed by atoms with van der Waals surface area (Å²) in [6.07, 6.45) is 4.44. The van der Waals surface area contributed by atoms with Crippen molar-refractivity contribution in [2.24, 2.45) is 0 Å². The zero-order valence-electron chi connectivity index (χ0n) is 12.7. The number of nitrogens with one attached hydrogen (secondary N) is 1. The van der Waals surface area contributed by atoms with Gasteiger partial charge in [-0.3, -0.25) is 9.88 Å². The highest BCUT2D eigenvalue weighted by Crippen LogP contribution is 2.32. The Hall–Kier alpha value is -1.13. The number of rotatable bonds is 2. The summed E-state index contributed by atoms with van der Waals surface area (Å²) in [7, 11) is 0. The normalized spacial score (nSPS) is 23.2. The third-order valence-electron chi connectivity index (χ3n) is 5.00. The van der Waals surface area contributed by atoms with Gasteiger partial charge < -0.3 is 10.2 Å². The number of hydrogen-bond acceptors (Lipinski definition) is 4. The largest absolute Gasteiger partial charge is 0.371 e. The number of aromatic nitrogens is 1. The number of likely N-dealkylation sites (N-methyl/N-ethyl adjacent to an activating group) is 1. The van der Waals surface area contributed by atoms with Crippen LogP contribution in [0.25, 0.3) is 0 Å². The summed E-state index contributed by atoms with van der Waals surface area (Å²) < 4.78 is 0. The molecule has 3 rings (SSSR count). The molecule has 0 bridgehead atoms. The molecule has 4 heteroatoms. The first-order valence-electron chi connectivity index (χ1n) is 7.87. The summed E-state index contributed by atoms with van der Waals surface area (Å²) in [5.41, 5.74) is 2.84. The van der Waals surface area contributed by atoms with Crippen molar-refractivity contribution in [2.45, 2.75) is 32.2 Å². The smallest absolute Gasteiger partial charge is 0.0399 e. The number of aryl methyl sites for hydroxylation is 1. The predicted molar refractivity (Wildman–Crippen MR) is 83.3 cm³/mol. The maximum Gasteiger partial charge on any atom is 0.0399 e. The van der Waals surface area contributed by atoms with Gasteiger partial charge in [0.25, 0.3) is 0 Å². The average Bonchev–Trinajstić information content (AvgIpc) is 2.48. The van der Waals surface area contributed by atoms with Gasteiger partial charge in [-0.1, -0.05) is 6.92 Å². The lowest BCUT2D eigenvalue weighted by Crippen LogP contribution is -2.64. The van der Waals surface area contributed by atoms with Gasteiger partial charge in [0.2, 0.25) is 0 Å². The fourth-order valence-electron chi connectivity index (χ4n) is 3.78. The maximum absolute atomic E-state index is 4.30. The molecule has 20 heavy (non-hydrogen) atoms. The lowest BCUT2D eigenvalue weighted by molar-refractivity contribution is 0.0432. The van der Waals surface area contributed by atoms with E-state index in [0.717, 1.165) is 31.9 Å². The maximum atomic E-state index is 4.30. The van der Waals surface area contributed by atoms with E-state index in [4.69, 9.17) is 0 Å². The molecule has 0 saturated carbocycles. The van der Waals surface area contributed by atoms with Crippen molar-refractivity contribution in [1.29, 1.82) is 0 Å². The Morgan fingerprint density at radius 2 is 2.10 bits per heavy atom. The minimum absolute atomic E-state index is 0.394. The Morgan fingerprint density at radius 1 is 1.30 bits per heavy atom. The van der Waals surface area contributed by atoms with Crippen molar-refractivity contribution in [3.05, 3.63) is 24.0 Å². The number of piperidine rings is 1. The van der Waals surface area contributed by atoms with Crippen molar-refractivity contribution in [3.8, 4) is 0 Å². The Bertz CT molecular complexity index is 452. The van der Waals surface area contributed by atoms with E-state index < -0.39 is 0 Å². The van der Waals surface area contributed by atoms with Crippen LogP contribution in [0.15, 0.2) is 18.3 Å². The minimum atomic E-state index is 0.394. The van der Waals surface area contributed by atoms with E-state index in [1.54, 1.807) is 0 Å². The van der Waals surface area contributed by atoms with Crippen molar-refractivity contribution >= 4 is 5.69 Å². The molecule has 0 radical (unpaired) electrons. The number of anilines is 1. The third kappa shape index (κ3) is 2.54. The lowest BCUT2D eigenvalue weighted by Gasteiger charge is -2.52. The summed E-state index contributed by atoms with van der Waals surface area (Å²) in [4.78, 5) is 9.51. The van der Waals surface area contributed by atoms with E-state index >= 15 is 0 Å². The topological polar surface area (TPSA) is 31.4 Å². The van der Waals surface area contributed by atoms with Crippen LogP contribution in [0.4, 0.5) is 5.69 Å². The molecule has 2 fully saturated rings. The lowest BCUT2D eigenvalue weighted by atomic mass is 9.84. The molecule has 2 saturated heterocycles. The molecule has 3 heterocycles. The van der Waals surface area contributed by atoms with Crippen molar-refractivity contribution in [3.63, 3.8) is 0 Å². The highest BCUT2D eigenvalue weighted by atomic mass is 15.3. The van der Waals surface area contributed by atoms with E-state index in [1.165, 1.54) is 31.6 Å². The first kappa shape index (κ1) is 13.8. The van der Waals surface area contributed by atoms with E-state index in [-0.39, 0.29) is 0 Å². The SMILES string of the molecule is CCN1CCNCC12CCN(c1ccnc(C)c1)CC2. The molecular weight excluding hydrogens is 248 g/mol. The van der Waals surface area contributed by atoms with Gasteiger partial charge >= 0.3 is 0 Å². The zero-order valence-corrected chi connectivity index (χ0v) is 12.7. The van der Waals surface area contributed by atoms with Crippen LogP contribution in [-0.2, 0) is 0 Å². The van der Waals surface area contributed by atoms with Gasteiger partial charge in [-0.05, 0) is 38.4 Å². The highest BCUT2D eigenvalue weighted by Gasteiger charge is 2.40. The highest BCUT2D eigenvalue weighted by molar-refractivity contribution is 5.47. The summed E-state index contributed by atoms with van der Waals surface area (Å²) in [5, 5.41) is 3.60. The fourth-order valence-corrected chi connectivity index (χ4v) is 3.78. The second-order valence-corrected chi connectivity index (χ2v) is 6.12. The predicted octanol–water partition coefficient (Wildman–Crippen LogP) is 1.65. The average molecular weight is 274 g/mol. The monoisotopic (exact) mass is 274 g/mol. The van der Waals surface area contributed by atoms with Crippen LogP contribution in [0.5, 0.6) is 0 Å². The van der Waals surface area contributed by atoms with Crippen LogP contribution in [0.1, 0.15) is 25.5 Å². The molecule has 2 aliphatic rings. The molecule has 1 aromatic heterocycles. The Morgan fingerprint density at radius 3 is 2.80 bits per heavy atom. The van der Waals surface area contributed by atoms with Crippen LogP contribution >= 0.6 is 0 Å². The zero-order chi connectivity index (χ0) is 14.0. The molecule has 0 unspecified atom stereocenters. The molecule has 1 spiro atoms. The van der Waals surface area contributed by atoms with Crippen molar-refractivity contribution in [1.82, 2.24) is 15.2 Å². The standard InChI is InChI=1S/C16H26N4/c1-3-20-11-8-17-13-16(20)5-9-19(10-6-16)15-4-7-18-14(2)12-15/h4,7,12,17H,3,5-6,8-11,13H2,1-2H3. The molecule has 1 aromatic rings. The second-order valence-electron chi connectivity index (χ2n) is 6.12. The fraction of sp³-hybridized carbons (Fsp3) is 0.688. The summed E-state index contributed by atoms with van der Waals surface area (Å²) in [5.74, 6) is 0. The van der Waals surface area contributed by atoms with Crippen LogP contribution < -0.4 is 10.2 Å². The van der Waals surface area contributed by atoms with Crippen LogP contribution in [0, 0.1) is 6.92 Å². The number of nitrogens with zero attached hydrogens (tertiary/aromatic N) is 3. The summed E-state index contributed by atoms with van der Waals surface area (Å²) >= 11 is 0. The third-order valence-corrected chi connectivity index (χ3v) is 5.00. The Balaban J connectivity index is 1.69. The van der Waals surface area contributed by atoms with Gasteiger partial charge in [-0.2, -0.15) is 0 Å². The first-order valence-corrected chi connectivity index (χ1v) is 7.87. The van der Waals surface area contributed by atoms with Crippen LogP contribution in [0.2, 0.25) is 0 Å². The van der Waals surface area contributed by atoms with Crippen molar-refractivity contribution < 1.29 is 0 Å². The van der Waals surface area contributed by atoms with E-state index in [1.807, 2.05) is 6.20 Å². The van der Waals surface area contributed by atoms with E-state index in [2.05, 4.69) is 46.1 Å². The van der Waals surface area contributed by atoms with Crippen LogP contribution in [-0.4, -0.2) is 54.7 Å². The summed E-state index contributed by atoms with van der Waals surface area (Å²) in [6.45, 7) is 11.3. The van der Waals surface area contributed by atoms with Gasteiger partial charge in [0.1, 0.15) is 0 Å². The van der Waals surface area contributed by atoms with Crippen LogP contribution in [0.3, 0.4) is 0 Å². The van der Waals surface area contributed by atoms with E-state index in [0.29, 0.717) is 5.54 Å². The number of hydrogen-bond donors (Lipinski definition) is 1. The quantitative estimate of drug-likeness (QED) is 0.888. The Kier molecular flexibility index (Phi) is 3.94. The first-order chi connectivity index (χ1) is 9.73. The van der Waals surface area contributed by atoms with Gasteiger partial charge in [-0.15, -0.1) is 0 Å². The van der Waals surface area contributed by atoms with Gasteiger partial charge in [0.05, 0.1) is 0 Å². The molecule has 4 nitrogen and oxygen atoms in total. The van der Waals surface area contributed by atoms with Gasteiger partial charge in [0.15, 0.2) is 0 Å². The Labute approximate surface area is 122 Å². The molecule has 0 amide bonds. The second kappa shape index (κ2) is 5.70. The van der Waals surface area contributed by atoms with Gasteiger partial charge in [0, 0.05) is 55.8 Å². The van der Waals surface area contributed by atoms with E-state index in [9.17, 15) is 0 Å². The number of piperazine rings is 1. The molecule has 0 aliphatic carbocycles. The molecule has 0 aromatic carbocycles. The molecule has 0 atom stereocenters. The minimum Gasteiger partial charge on any atom is -0.371 e. The molecule has 110 valence electrons. The number of pyridine rings is 1. The molecule has 2 aliphatic heterocycles. The molecular formula is C16H26N4. The van der Waals surface area contributed by atoms with Crippen molar-refractivity contribution in [2.75, 3.05) is 44.2 Å². The van der Waals surface area contributed by atoms with Gasteiger partial charge in [-0.25, -0.2) is 0 Å².